The summed E-state index contributed by atoms with van der Waals surface area (Å²) in [6.45, 7) is 0.110. The molecule has 3 nitrogen and oxygen atoms in total. The fourth-order valence-corrected chi connectivity index (χ4v) is 2.56. The van der Waals surface area contributed by atoms with Gasteiger partial charge in [-0.1, -0.05) is 29.8 Å². The Bertz CT molecular complexity index is 730. The monoisotopic (exact) mass is 289 g/mol. The van der Waals surface area contributed by atoms with Gasteiger partial charge in [-0.15, -0.1) is 0 Å². The summed E-state index contributed by atoms with van der Waals surface area (Å²) in [6, 6.07) is 10.7. The third-order valence-electron chi connectivity index (χ3n) is 3.17. The van der Waals surface area contributed by atoms with E-state index in [1.165, 1.54) is 17.0 Å². The summed E-state index contributed by atoms with van der Waals surface area (Å²) in [7, 11) is 0. The maximum atomic E-state index is 13.2. The molecule has 0 aromatic heterocycles. The zero-order chi connectivity index (χ0) is 14.3. The number of halogens is 2. The van der Waals surface area contributed by atoms with Gasteiger partial charge in [0, 0.05) is 0 Å². The maximum Gasteiger partial charge on any atom is 0.299 e. The molecule has 1 aliphatic heterocycles. The predicted molar refractivity (Wildman–Crippen MR) is 73.4 cm³/mol. The topological polar surface area (TPSA) is 37.4 Å². The van der Waals surface area contributed by atoms with Crippen LogP contribution in [0.25, 0.3) is 0 Å². The molecule has 0 saturated heterocycles. The number of rotatable bonds is 2. The normalized spacial score (nSPS) is 13.8. The van der Waals surface area contributed by atoms with Crippen LogP contribution < -0.4 is 4.90 Å². The molecule has 0 N–H and O–H groups in total. The minimum Gasteiger partial charge on any atom is -0.299 e. The lowest BCUT2D eigenvalue weighted by Crippen LogP contribution is -2.29. The van der Waals surface area contributed by atoms with Gasteiger partial charge in [0.25, 0.3) is 11.7 Å². The highest BCUT2D eigenvalue weighted by molar-refractivity contribution is 6.54. The van der Waals surface area contributed by atoms with E-state index in [9.17, 15) is 14.0 Å². The van der Waals surface area contributed by atoms with E-state index in [4.69, 9.17) is 11.6 Å². The number of ketones is 1. The molecule has 0 unspecified atom stereocenters. The number of para-hydroxylation sites is 1. The second-order valence-corrected chi connectivity index (χ2v) is 4.89. The molecule has 0 aliphatic carbocycles. The Labute approximate surface area is 119 Å². The number of nitrogens with zero attached hydrogens (tertiary/aromatic N) is 1. The van der Waals surface area contributed by atoms with Crippen LogP contribution in [-0.2, 0) is 11.3 Å². The summed E-state index contributed by atoms with van der Waals surface area (Å²) in [4.78, 5) is 25.2. The molecule has 0 atom stereocenters. The summed E-state index contributed by atoms with van der Waals surface area (Å²) < 4.78 is 13.2. The van der Waals surface area contributed by atoms with Crippen molar-refractivity contribution in [2.75, 3.05) is 4.90 Å². The average Bonchev–Trinajstić information content (AvgIpc) is 2.66. The largest absolute Gasteiger partial charge is 0.299 e. The molecule has 3 rings (SSSR count). The fraction of sp³-hybridized carbons (Fsp3) is 0.0667. The van der Waals surface area contributed by atoms with Crippen LogP contribution in [0.2, 0.25) is 5.02 Å². The van der Waals surface area contributed by atoms with Crippen molar-refractivity contribution in [1.82, 2.24) is 0 Å². The molecule has 1 amide bonds. The molecule has 2 aromatic carbocycles. The van der Waals surface area contributed by atoms with Gasteiger partial charge in [0.05, 0.1) is 22.8 Å². The zero-order valence-electron chi connectivity index (χ0n) is 10.3. The highest BCUT2D eigenvalue weighted by Crippen LogP contribution is 2.36. The Hall–Kier alpha value is -2.20. The summed E-state index contributed by atoms with van der Waals surface area (Å²) in [6.07, 6.45) is 0. The van der Waals surface area contributed by atoms with Crippen LogP contribution in [0.1, 0.15) is 15.9 Å². The molecule has 2 aromatic rings. The van der Waals surface area contributed by atoms with E-state index in [-0.39, 0.29) is 12.4 Å². The predicted octanol–water partition coefficient (Wildman–Crippen LogP) is 3.21. The number of carbonyl (C=O) groups is 2. The summed E-state index contributed by atoms with van der Waals surface area (Å²) in [5, 5.41) is 0.332. The second-order valence-electron chi connectivity index (χ2n) is 4.49. The smallest absolute Gasteiger partial charge is 0.299 e. The van der Waals surface area contributed by atoms with Gasteiger partial charge in [0.2, 0.25) is 0 Å². The first kappa shape index (κ1) is 12.8. The van der Waals surface area contributed by atoms with E-state index in [0.717, 1.165) is 0 Å². The number of fused-ring (bicyclic) bond motifs is 1. The summed E-state index contributed by atoms with van der Waals surface area (Å²) in [5.41, 5.74) is 1.28. The van der Waals surface area contributed by atoms with Crippen molar-refractivity contribution >= 4 is 29.0 Å². The lowest BCUT2D eigenvalue weighted by molar-refractivity contribution is -0.114. The van der Waals surface area contributed by atoms with Crippen molar-refractivity contribution in [3.63, 3.8) is 0 Å². The third-order valence-corrected chi connectivity index (χ3v) is 3.48. The number of carbonyl (C=O) groups excluding carboxylic acids is 2. The summed E-state index contributed by atoms with van der Waals surface area (Å²) in [5.74, 6) is -1.61. The molecule has 0 saturated carbocycles. The van der Waals surface area contributed by atoms with E-state index < -0.39 is 11.7 Å². The number of anilines is 1. The van der Waals surface area contributed by atoms with Crippen molar-refractivity contribution in [3.05, 3.63) is 64.4 Å². The molecule has 0 bridgehead atoms. The van der Waals surface area contributed by atoms with Crippen molar-refractivity contribution in [3.8, 4) is 0 Å². The lowest BCUT2D eigenvalue weighted by atomic mass is 10.1. The minimum absolute atomic E-state index is 0.110. The maximum absolute atomic E-state index is 13.2. The van der Waals surface area contributed by atoms with Crippen LogP contribution in [0, 0.1) is 5.82 Å². The van der Waals surface area contributed by atoms with E-state index >= 15 is 0 Å². The van der Waals surface area contributed by atoms with Gasteiger partial charge in [-0.2, -0.15) is 0 Å². The van der Waals surface area contributed by atoms with Crippen LogP contribution in [0.15, 0.2) is 42.5 Å². The number of amides is 1. The number of Topliss-reactive ketones (excluding diaryl/α,β-unsaturated/α-hetero) is 1. The molecule has 0 fully saturated rings. The van der Waals surface area contributed by atoms with Crippen LogP contribution in [-0.4, -0.2) is 11.7 Å². The number of hydrogen-bond donors (Lipinski definition) is 0. The first-order valence-corrected chi connectivity index (χ1v) is 6.35. The van der Waals surface area contributed by atoms with E-state index in [1.54, 1.807) is 30.3 Å². The molecule has 1 aliphatic rings. The Morgan fingerprint density at radius 2 is 1.85 bits per heavy atom. The lowest BCUT2D eigenvalue weighted by Gasteiger charge is -2.17. The Morgan fingerprint density at radius 1 is 1.10 bits per heavy atom. The van der Waals surface area contributed by atoms with Crippen molar-refractivity contribution in [2.24, 2.45) is 0 Å². The third kappa shape index (κ3) is 1.98. The Kier molecular flexibility index (Phi) is 3.03. The first-order valence-electron chi connectivity index (χ1n) is 5.97. The molecular weight excluding hydrogens is 281 g/mol. The SMILES string of the molecule is O=C1C(=O)N(Cc2cccc(F)c2)c2c(Cl)cccc21. The average molecular weight is 290 g/mol. The second kappa shape index (κ2) is 4.72. The standard InChI is InChI=1S/C15H9ClFNO2/c16-12-6-2-5-11-13(12)18(15(20)14(11)19)8-9-3-1-4-10(17)7-9/h1-7H,8H2. The van der Waals surface area contributed by atoms with Crippen molar-refractivity contribution in [1.29, 1.82) is 0 Å². The molecular formula is C15H9ClFNO2. The summed E-state index contributed by atoms with van der Waals surface area (Å²) >= 11 is 6.07. The van der Waals surface area contributed by atoms with Gasteiger partial charge in [0.1, 0.15) is 5.82 Å². The van der Waals surface area contributed by atoms with Gasteiger partial charge in [-0.25, -0.2) is 4.39 Å². The van der Waals surface area contributed by atoms with Crippen molar-refractivity contribution in [2.45, 2.75) is 6.54 Å². The van der Waals surface area contributed by atoms with Gasteiger partial charge < -0.3 is 0 Å². The molecule has 1 heterocycles. The number of benzene rings is 2. The molecule has 20 heavy (non-hydrogen) atoms. The van der Waals surface area contributed by atoms with Crippen LogP contribution in [0.4, 0.5) is 10.1 Å². The minimum atomic E-state index is -0.641. The Balaban J connectivity index is 2.03. The van der Waals surface area contributed by atoms with Crippen molar-refractivity contribution < 1.29 is 14.0 Å². The van der Waals surface area contributed by atoms with Crippen LogP contribution >= 0.6 is 11.6 Å². The van der Waals surface area contributed by atoms with E-state index in [1.807, 2.05) is 0 Å². The molecule has 0 spiro atoms. The first-order chi connectivity index (χ1) is 9.58. The zero-order valence-corrected chi connectivity index (χ0v) is 11.0. The molecule has 100 valence electrons. The molecule has 5 heteroatoms. The highest BCUT2D eigenvalue weighted by Gasteiger charge is 2.37. The van der Waals surface area contributed by atoms with Crippen LogP contribution in [0.3, 0.4) is 0 Å². The quantitative estimate of drug-likeness (QED) is 0.796. The molecule has 0 radical (unpaired) electrons. The Morgan fingerprint density at radius 3 is 2.60 bits per heavy atom. The van der Waals surface area contributed by atoms with Crippen LogP contribution in [0.5, 0.6) is 0 Å². The van der Waals surface area contributed by atoms with E-state index in [0.29, 0.717) is 21.8 Å². The van der Waals surface area contributed by atoms with E-state index in [2.05, 4.69) is 0 Å². The van der Waals surface area contributed by atoms with Gasteiger partial charge in [-0.3, -0.25) is 14.5 Å². The highest BCUT2D eigenvalue weighted by atomic mass is 35.5. The van der Waals surface area contributed by atoms with Gasteiger partial charge >= 0.3 is 0 Å². The van der Waals surface area contributed by atoms with Gasteiger partial charge in [-0.05, 0) is 29.8 Å². The number of hydrogen-bond acceptors (Lipinski definition) is 2. The van der Waals surface area contributed by atoms with Gasteiger partial charge in [0.15, 0.2) is 0 Å². The fourth-order valence-electron chi connectivity index (χ4n) is 2.28.